The fourth-order valence-electron chi connectivity index (χ4n) is 3.76. The molecule has 0 saturated carbocycles. The molecule has 6 atom stereocenters. The number of esters is 1. The first kappa shape index (κ1) is 24.4. The van der Waals surface area contributed by atoms with E-state index < -0.39 is 55.1 Å². The predicted octanol–water partition coefficient (Wildman–Crippen LogP) is 0.371. The van der Waals surface area contributed by atoms with Crippen LogP contribution in [-0.4, -0.2) is 79.0 Å². The molecule has 188 valence electrons. The molecule has 0 bridgehead atoms. The molecule has 2 aromatic carbocycles. The van der Waals surface area contributed by atoms with Crippen molar-refractivity contribution in [1.29, 1.82) is 0 Å². The summed E-state index contributed by atoms with van der Waals surface area (Å²) in [6.45, 7) is 0.728. The van der Waals surface area contributed by atoms with Gasteiger partial charge >= 0.3 is 5.97 Å². The van der Waals surface area contributed by atoms with Crippen LogP contribution in [0.1, 0.15) is 24.2 Å². The molecule has 4 rings (SSSR count). The second-order valence-corrected chi connectivity index (χ2v) is 8.10. The highest BCUT2D eigenvalue weighted by Crippen LogP contribution is 2.45. The van der Waals surface area contributed by atoms with Crippen LogP contribution in [0.5, 0.6) is 28.7 Å². The number of phenols is 4. The van der Waals surface area contributed by atoms with Gasteiger partial charge in [-0.2, -0.15) is 0 Å². The highest BCUT2D eigenvalue weighted by Gasteiger charge is 2.46. The second-order valence-electron chi connectivity index (χ2n) is 8.10. The van der Waals surface area contributed by atoms with E-state index in [0.717, 1.165) is 13.0 Å². The molecule has 12 heteroatoms. The summed E-state index contributed by atoms with van der Waals surface area (Å²) in [6, 6.07) is 6.15. The van der Waals surface area contributed by atoms with Crippen molar-refractivity contribution in [3.05, 3.63) is 47.2 Å². The number of fused-ring (bicyclic) bond motifs is 1. The van der Waals surface area contributed by atoms with Gasteiger partial charge in [0.05, 0.1) is 5.56 Å². The smallest absolute Gasteiger partial charge is 0.302 e. The number of hydrogen-bond donors (Lipinski definition) is 7. The Morgan fingerprint density at radius 1 is 0.943 bits per heavy atom. The number of benzene rings is 2. The average Bonchev–Trinajstić information content (AvgIpc) is 2.80. The van der Waals surface area contributed by atoms with Gasteiger partial charge in [0.25, 0.3) is 0 Å². The Morgan fingerprint density at radius 3 is 2.37 bits per heavy atom. The number of aliphatic hydroxyl groups is 3. The number of aromatic hydroxyl groups is 4. The maximum Gasteiger partial charge on any atom is 0.302 e. The van der Waals surface area contributed by atoms with Crippen molar-refractivity contribution >= 4 is 12.0 Å². The van der Waals surface area contributed by atoms with Crippen LogP contribution in [0.2, 0.25) is 0 Å². The Morgan fingerprint density at radius 2 is 1.69 bits per heavy atom. The molecule has 2 aromatic rings. The number of carbonyl (C=O) groups excluding carboxylic acids is 1. The molecule has 7 N–H and O–H groups in total. The first-order valence-electron chi connectivity index (χ1n) is 10.5. The molecule has 12 nitrogen and oxygen atoms in total. The summed E-state index contributed by atoms with van der Waals surface area (Å²) >= 11 is 0. The van der Waals surface area contributed by atoms with E-state index in [2.05, 4.69) is 0 Å². The third-order valence-electron chi connectivity index (χ3n) is 5.57. The van der Waals surface area contributed by atoms with Crippen LogP contribution in [0.4, 0.5) is 0 Å². The van der Waals surface area contributed by atoms with Crippen molar-refractivity contribution in [1.82, 2.24) is 0 Å². The fraction of sp³-hybridized carbons (Fsp3) is 0.348. The van der Waals surface area contributed by atoms with Crippen molar-refractivity contribution in [2.45, 2.75) is 43.7 Å². The first-order chi connectivity index (χ1) is 16.5. The van der Waals surface area contributed by atoms with Crippen LogP contribution in [-0.2, 0) is 19.0 Å². The summed E-state index contributed by atoms with van der Waals surface area (Å²) in [5.41, 5.74) is 0.404. The molecule has 0 aromatic heterocycles. The lowest BCUT2D eigenvalue weighted by atomic mass is 9.98. The minimum Gasteiger partial charge on any atom is -0.508 e. The van der Waals surface area contributed by atoms with E-state index in [1.165, 1.54) is 30.3 Å². The van der Waals surface area contributed by atoms with Crippen LogP contribution >= 0.6 is 0 Å². The number of carbonyl (C=O) groups is 1. The summed E-state index contributed by atoms with van der Waals surface area (Å²) < 4.78 is 22.1. The van der Waals surface area contributed by atoms with Crippen LogP contribution < -0.4 is 4.74 Å². The lowest BCUT2D eigenvalue weighted by Gasteiger charge is -2.41. The summed E-state index contributed by atoms with van der Waals surface area (Å²) in [5.74, 6) is -2.09. The van der Waals surface area contributed by atoms with Gasteiger partial charge < -0.3 is 54.7 Å². The zero-order valence-corrected chi connectivity index (χ0v) is 18.3. The molecule has 2 aliphatic rings. The van der Waals surface area contributed by atoms with Gasteiger partial charge in [-0.3, -0.25) is 4.79 Å². The number of ether oxygens (including phenoxy) is 4. The van der Waals surface area contributed by atoms with E-state index in [1.807, 2.05) is 0 Å². The van der Waals surface area contributed by atoms with Crippen molar-refractivity contribution < 1.29 is 59.5 Å². The highest BCUT2D eigenvalue weighted by molar-refractivity contribution is 5.70. The monoisotopic (exact) mass is 492 g/mol. The van der Waals surface area contributed by atoms with Crippen molar-refractivity contribution in [3.8, 4) is 28.7 Å². The molecule has 1 fully saturated rings. The lowest BCUT2D eigenvalue weighted by Crippen LogP contribution is -2.59. The Bertz CT molecular complexity index is 1150. The van der Waals surface area contributed by atoms with Crippen LogP contribution in [0.15, 0.2) is 36.1 Å². The third-order valence-corrected chi connectivity index (χ3v) is 5.57. The Kier molecular flexibility index (Phi) is 6.63. The zero-order valence-electron chi connectivity index (χ0n) is 18.3. The zero-order chi connectivity index (χ0) is 25.4. The van der Waals surface area contributed by atoms with E-state index in [-0.39, 0.29) is 39.9 Å². The van der Waals surface area contributed by atoms with Gasteiger partial charge in [0, 0.05) is 24.6 Å². The van der Waals surface area contributed by atoms with E-state index in [4.69, 9.17) is 18.9 Å². The van der Waals surface area contributed by atoms with Gasteiger partial charge in [0.15, 0.2) is 17.6 Å². The quantitative estimate of drug-likeness (QED) is 0.224. The Hall–Kier alpha value is -3.71. The topological polar surface area (TPSA) is 196 Å². The van der Waals surface area contributed by atoms with Crippen LogP contribution in [0.3, 0.4) is 0 Å². The SMILES string of the molecule is CC(=O)OCC1OC(OC2=Cc3c(O)cc(O)cc3OC2c2ccc(O)c(O)c2)C(O)C(O)C1O. The highest BCUT2D eigenvalue weighted by atomic mass is 16.7. The van der Waals surface area contributed by atoms with Gasteiger partial charge in [0.2, 0.25) is 6.29 Å². The molecule has 6 unspecified atom stereocenters. The first-order valence-corrected chi connectivity index (χ1v) is 10.5. The molecule has 0 radical (unpaired) electrons. The van der Waals surface area contributed by atoms with Crippen molar-refractivity contribution in [2.24, 2.45) is 0 Å². The minimum absolute atomic E-state index is 0.0533. The van der Waals surface area contributed by atoms with Gasteiger partial charge in [-0.15, -0.1) is 0 Å². The van der Waals surface area contributed by atoms with Crippen LogP contribution in [0.25, 0.3) is 6.08 Å². The van der Waals surface area contributed by atoms with Gasteiger partial charge in [-0.25, -0.2) is 0 Å². The standard InChI is InChI=1S/C23H24O12/c1-9(24)32-8-18-19(29)20(30)21(31)23(35-18)34-17-7-12-14(27)5-11(25)6-16(12)33-22(17)10-2-3-13(26)15(28)4-10/h2-7,18-23,25-31H,8H2,1H3. The van der Waals surface area contributed by atoms with Crippen LogP contribution in [0, 0.1) is 0 Å². The Balaban J connectivity index is 1.69. The average molecular weight is 492 g/mol. The van der Waals surface area contributed by atoms with E-state index in [0.29, 0.717) is 0 Å². The Labute approximate surface area is 198 Å². The number of hydrogen-bond acceptors (Lipinski definition) is 12. The third kappa shape index (κ3) is 4.91. The molecule has 2 aliphatic heterocycles. The normalized spacial score (nSPS) is 27.8. The van der Waals surface area contributed by atoms with Gasteiger partial charge in [-0.05, 0) is 18.2 Å². The predicted molar refractivity (Wildman–Crippen MR) is 115 cm³/mol. The number of aliphatic hydroxyl groups excluding tert-OH is 3. The summed E-state index contributed by atoms with van der Waals surface area (Å²) in [4.78, 5) is 11.2. The largest absolute Gasteiger partial charge is 0.508 e. The van der Waals surface area contributed by atoms with Crippen molar-refractivity contribution in [3.63, 3.8) is 0 Å². The van der Waals surface area contributed by atoms with E-state index in [9.17, 15) is 40.5 Å². The molecule has 0 spiro atoms. The van der Waals surface area contributed by atoms with Crippen molar-refractivity contribution in [2.75, 3.05) is 6.61 Å². The second kappa shape index (κ2) is 9.50. The number of phenolic OH excluding ortho intramolecular Hbond substituents is 4. The molecule has 0 amide bonds. The number of rotatable bonds is 5. The molecular formula is C23H24O12. The summed E-state index contributed by atoms with van der Waals surface area (Å²) in [6.07, 6.45) is -7.62. The van der Waals surface area contributed by atoms with E-state index in [1.54, 1.807) is 0 Å². The fourth-order valence-corrected chi connectivity index (χ4v) is 3.76. The minimum atomic E-state index is -1.73. The molecule has 1 saturated heterocycles. The lowest BCUT2D eigenvalue weighted by molar-refractivity contribution is -0.294. The molecule has 35 heavy (non-hydrogen) atoms. The molecular weight excluding hydrogens is 468 g/mol. The van der Waals surface area contributed by atoms with Gasteiger partial charge in [-0.1, -0.05) is 6.07 Å². The van der Waals surface area contributed by atoms with Gasteiger partial charge in [0.1, 0.15) is 54.0 Å². The van der Waals surface area contributed by atoms with E-state index >= 15 is 0 Å². The maximum atomic E-state index is 11.2. The summed E-state index contributed by atoms with van der Waals surface area (Å²) in [5, 5.41) is 70.7. The maximum absolute atomic E-state index is 11.2. The molecule has 0 aliphatic carbocycles. The molecule has 2 heterocycles. The summed E-state index contributed by atoms with van der Waals surface area (Å²) in [7, 11) is 0.